The lowest BCUT2D eigenvalue weighted by Crippen LogP contribution is -2.37. The van der Waals surface area contributed by atoms with E-state index in [4.69, 9.17) is 0 Å². The molecule has 8 nitrogen and oxygen atoms in total. The van der Waals surface area contributed by atoms with Crippen molar-refractivity contribution in [2.75, 3.05) is 29.9 Å². The minimum atomic E-state index is -0.380. The van der Waals surface area contributed by atoms with E-state index in [2.05, 4.69) is 42.6 Å². The molecule has 0 atom stereocenters. The first-order chi connectivity index (χ1) is 15.6. The molecule has 2 N–H and O–H groups in total. The topological polar surface area (TPSA) is 100 Å². The molecule has 4 heterocycles. The van der Waals surface area contributed by atoms with Gasteiger partial charge in [-0.05, 0) is 60.9 Å². The van der Waals surface area contributed by atoms with Gasteiger partial charge in [-0.2, -0.15) is 0 Å². The predicted molar refractivity (Wildman–Crippen MR) is 126 cm³/mol. The molecule has 0 spiro atoms. The van der Waals surface area contributed by atoms with Crippen LogP contribution in [0.25, 0.3) is 17.0 Å². The van der Waals surface area contributed by atoms with Gasteiger partial charge in [0.15, 0.2) is 0 Å². The first-order valence-corrected chi connectivity index (χ1v) is 11.4. The molecule has 5 rings (SSSR count). The van der Waals surface area contributed by atoms with Gasteiger partial charge in [-0.25, -0.2) is 15.0 Å². The normalized spacial score (nSPS) is 18.4. The number of carbonyl (C=O) groups excluding carboxylic acids is 2. The maximum absolute atomic E-state index is 11.8. The van der Waals surface area contributed by atoms with Crippen molar-refractivity contribution in [2.24, 2.45) is 5.92 Å². The summed E-state index contributed by atoms with van der Waals surface area (Å²) in [6.07, 6.45) is 5.38. The third-order valence-electron chi connectivity index (χ3n) is 5.65. The second-order valence-electron chi connectivity index (χ2n) is 7.83. The summed E-state index contributed by atoms with van der Waals surface area (Å²) in [5.74, 6) is 1.72. The number of benzene rings is 1. The average molecular weight is 447 g/mol. The van der Waals surface area contributed by atoms with Crippen LogP contribution in [0, 0.1) is 5.92 Å². The number of thioether (sulfide) groups is 1. The molecule has 9 heteroatoms. The summed E-state index contributed by atoms with van der Waals surface area (Å²) < 4.78 is 0. The third-order valence-corrected chi connectivity index (χ3v) is 6.46. The van der Waals surface area contributed by atoms with Crippen LogP contribution in [0.4, 0.5) is 16.6 Å². The largest absolute Gasteiger partial charge is 0.370 e. The highest BCUT2D eigenvalue weighted by Crippen LogP contribution is 2.26. The Morgan fingerprint density at radius 1 is 1.09 bits per heavy atom. The summed E-state index contributed by atoms with van der Waals surface area (Å²) in [6.45, 7) is 2.61. The van der Waals surface area contributed by atoms with Crippen LogP contribution in [0.3, 0.4) is 0 Å². The van der Waals surface area contributed by atoms with E-state index in [9.17, 15) is 9.59 Å². The van der Waals surface area contributed by atoms with E-state index >= 15 is 0 Å². The molecule has 2 amide bonds. The Hall–Kier alpha value is -3.46. The highest BCUT2D eigenvalue weighted by molar-refractivity contribution is 8.18. The third kappa shape index (κ3) is 4.57. The number of aromatic nitrogens is 3. The van der Waals surface area contributed by atoms with Gasteiger partial charge in [0.2, 0.25) is 5.95 Å². The molecule has 32 heavy (non-hydrogen) atoms. The van der Waals surface area contributed by atoms with Gasteiger partial charge < -0.3 is 10.2 Å². The molecular weight excluding hydrogens is 424 g/mol. The number of amides is 2. The van der Waals surface area contributed by atoms with Crippen molar-refractivity contribution < 1.29 is 9.59 Å². The number of imide groups is 1. The molecule has 2 aliphatic rings. The number of fused-ring (bicyclic) bond motifs is 1. The highest BCUT2D eigenvalue weighted by atomic mass is 32.2. The van der Waals surface area contributed by atoms with Crippen LogP contribution in [0.5, 0.6) is 0 Å². The van der Waals surface area contributed by atoms with Gasteiger partial charge in [0.05, 0.1) is 16.1 Å². The van der Waals surface area contributed by atoms with Crippen molar-refractivity contribution in [2.45, 2.75) is 12.8 Å². The number of anilines is 2. The van der Waals surface area contributed by atoms with E-state index in [1.807, 2.05) is 24.3 Å². The van der Waals surface area contributed by atoms with E-state index in [1.54, 1.807) is 18.3 Å². The van der Waals surface area contributed by atoms with Gasteiger partial charge in [-0.1, -0.05) is 18.2 Å². The highest BCUT2D eigenvalue weighted by Gasteiger charge is 2.25. The van der Waals surface area contributed by atoms with E-state index < -0.39 is 0 Å². The van der Waals surface area contributed by atoms with Crippen molar-refractivity contribution >= 4 is 51.7 Å². The lowest BCUT2D eigenvalue weighted by atomic mass is 9.97. The summed E-state index contributed by atoms with van der Waals surface area (Å²) in [7, 11) is 0. The van der Waals surface area contributed by atoms with Crippen LogP contribution in [0.15, 0.2) is 53.6 Å². The van der Waals surface area contributed by atoms with Crippen LogP contribution in [-0.4, -0.2) is 45.7 Å². The molecule has 0 unspecified atom stereocenters. The molecule has 2 aromatic heterocycles. The lowest BCUT2D eigenvalue weighted by molar-refractivity contribution is -0.115. The fourth-order valence-electron chi connectivity index (χ4n) is 3.90. The van der Waals surface area contributed by atoms with E-state index in [0.29, 0.717) is 22.5 Å². The molecule has 0 bridgehead atoms. The first kappa shape index (κ1) is 20.4. The standard InChI is InChI=1S/C23H22N6O2S/c30-21-19(32-23(31)28-21)13-17-7-10-24-22(26-17)29-11-8-15(9-12-29)14-25-20-6-5-16-3-1-2-4-18(16)27-20/h1-7,10,13,15H,8-9,11-12,14H2,(H,25,27)(H,28,30,31). The quantitative estimate of drug-likeness (QED) is 0.573. The van der Waals surface area contributed by atoms with Gasteiger partial charge >= 0.3 is 0 Å². The molecule has 0 aliphatic carbocycles. The van der Waals surface area contributed by atoms with Crippen LogP contribution in [0.2, 0.25) is 0 Å². The Morgan fingerprint density at radius 3 is 2.75 bits per heavy atom. The zero-order chi connectivity index (χ0) is 21.9. The fraction of sp³-hybridized carbons (Fsp3) is 0.261. The second kappa shape index (κ2) is 8.96. The molecule has 3 aromatic rings. The van der Waals surface area contributed by atoms with Crippen molar-refractivity contribution in [3.05, 3.63) is 59.3 Å². The number of hydrogen-bond donors (Lipinski definition) is 2. The number of pyridine rings is 1. The Morgan fingerprint density at radius 2 is 1.94 bits per heavy atom. The zero-order valence-electron chi connectivity index (χ0n) is 17.3. The second-order valence-corrected chi connectivity index (χ2v) is 8.85. The Bertz CT molecular complexity index is 1210. The number of para-hydroxylation sites is 1. The smallest absolute Gasteiger partial charge is 0.290 e. The van der Waals surface area contributed by atoms with Crippen LogP contribution in [0.1, 0.15) is 18.5 Å². The number of piperidine rings is 1. The van der Waals surface area contributed by atoms with Crippen LogP contribution in [-0.2, 0) is 4.79 Å². The predicted octanol–water partition coefficient (Wildman–Crippen LogP) is 3.68. The number of hydrogen-bond acceptors (Lipinski definition) is 8. The maximum Gasteiger partial charge on any atom is 0.290 e. The number of nitrogens with zero attached hydrogens (tertiary/aromatic N) is 4. The molecule has 1 aromatic carbocycles. The van der Waals surface area contributed by atoms with Crippen molar-refractivity contribution in [1.29, 1.82) is 0 Å². The number of rotatable bonds is 5. The van der Waals surface area contributed by atoms with Gasteiger partial charge in [0.25, 0.3) is 11.1 Å². The van der Waals surface area contributed by atoms with Crippen LogP contribution < -0.4 is 15.5 Å². The summed E-state index contributed by atoms with van der Waals surface area (Å²) in [5, 5.41) is 6.52. The van der Waals surface area contributed by atoms with Crippen molar-refractivity contribution in [3.8, 4) is 0 Å². The van der Waals surface area contributed by atoms with Gasteiger partial charge in [-0.3, -0.25) is 14.9 Å². The summed E-state index contributed by atoms with van der Waals surface area (Å²) >= 11 is 0.890. The van der Waals surface area contributed by atoms with E-state index in [0.717, 1.165) is 61.0 Å². The molecular formula is C23H22N6O2S. The molecule has 0 radical (unpaired) electrons. The van der Waals surface area contributed by atoms with Gasteiger partial charge in [0, 0.05) is 31.2 Å². The molecule has 0 saturated carbocycles. The first-order valence-electron chi connectivity index (χ1n) is 10.6. The molecule has 162 valence electrons. The Kier molecular flexibility index (Phi) is 5.72. The lowest BCUT2D eigenvalue weighted by Gasteiger charge is -2.32. The van der Waals surface area contributed by atoms with Gasteiger partial charge in [-0.15, -0.1) is 0 Å². The van der Waals surface area contributed by atoms with E-state index in [-0.39, 0.29) is 11.1 Å². The summed E-state index contributed by atoms with van der Waals surface area (Å²) in [4.78, 5) is 39.3. The number of carbonyl (C=O) groups is 2. The van der Waals surface area contributed by atoms with E-state index in [1.165, 1.54) is 0 Å². The number of nitrogens with one attached hydrogen (secondary N) is 2. The van der Waals surface area contributed by atoms with Crippen molar-refractivity contribution in [3.63, 3.8) is 0 Å². The Labute approximate surface area is 189 Å². The molecule has 2 saturated heterocycles. The maximum atomic E-state index is 11.8. The monoisotopic (exact) mass is 446 g/mol. The van der Waals surface area contributed by atoms with Crippen molar-refractivity contribution in [1.82, 2.24) is 20.3 Å². The summed E-state index contributed by atoms with van der Waals surface area (Å²) in [6, 6.07) is 14.0. The average Bonchev–Trinajstić information content (AvgIpc) is 3.14. The SMILES string of the molecule is O=C1NC(=O)C(=Cc2ccnc(N3CCC(CNc4ccc5ccccc5n4)CC3)n2)S1. The molecule has 2 aliphatic heterocycles. The van der Waals surface area contributed by atoms with Gasteiger partial charge in [0.1, 0.15) is 5.82 Å². The zero-order valence-corrected chi connectivity index (χ0v) is 18.1. The summed E-state index contributed by atoms with van der Waals surface area (Å²) in [5.41, 5.74) is 1.62. The fourth-order valence-corrected chi connectivity index (χ4v) is 4.57. The Balaban J connectivity index is 1.17. The minimum absolute atomic E-state index is 0.353. The minimum Gasteiger partial charge on any atom is -0.370 e. The van der Waals surface area contributed by atoms with Crippen LogP contribution >= 0.6 is 11.8 Å². The molecule has 2 fully saturated rings.